The molecule has 22 heavy (non-hydrogen) atoms. The number of rotatable bonds is 2. The van der Waals surface area contributed by atoms with E-state index in [4.69, 9.17) is 0 Å². The minimum Gasteiger partial charge on any atom is -0.358 e. The maximum absolute atomic E-state index is 12.9. The van der Waals surface area contributed by atoms with Crippen LogP contribution in [0.2, 0.25) is 0 Å². The summed E-state index contributed by atoms with van der Waals surface area (Å²) in [7, 11) is 0. The fourth-order valence-electron chi connectivity index (χ4n) is 3.29. The van der Waals surface area contributed by atoms with E-state index in [0.717, 1.165) is 59.2 Å². The van der Waals surface area contributed by atoms with Gasteiger partial charge in [-0.1, -0.05) is 24.3 Å². The number of H-pyrrole nitrogens is 1. The summed E-state index contributed by atoms with van der Waals surface area (Å²) < 4.78 is 0. The monoisotopic (exact) mass is 290 g/mol. The molecular weight excluding hydrogens is 272 g/mol. The molecule has 0 saturated carbocycles. The Balaban J connectivity index is 1.91. The molecule has 110 valence electrons. The summed E-state index contributed by atoms with van der Waals surface area (Å²) in [5.41, 5.74) is 5.07. The van der Waals surface area contributed by atoms with E-state index in [-0.39, 0.29) is 5.43 Å². The van der Waals surface area contributed by atoms with E-state index in [9.17, 15) is 4.79 Å². The van der Waals surface area contributed by atoms with Crippen LogP contribution in [0.25, 0.3) is 10.9 Å². The molecule has 0 bridgehead atoms. The van der Waals surface area contributed by atoms with E-state index < -0.39 is 0 Å². The molecule has 1 heterocycles. The molecule has 2 N–H and O–H groups in total. The summed E-state index contributed by atoms with van der Waals surface area (Å²) in [6.07, 6.45) is 4.14. The van der Waals surface area contributed by atoms with Gasteiger partial charge >= 0.3 is 0 Å². The topological polar surface area (TPSA) is 44.9 Å². The second kappa shape index (κ2) is 5.34. The van der Waals surface area contributed by atoms with Gasteiger partial charge in [-0.25, -0.2) is 0 Å². The van der Waals surface area contributed by atoms with Gasteiger partial charge in [0.05, 0.1) is 16.6 Å². The van der Waals surface area contributed by atoms with Crippen LogP contribution in [-0.4, -0.2) is 4.98 Å². The minimum absolute atomic E-state index is 0.183. The molecule has 1 aliphatic carbocycles. The fourth-order valence-corrected chi connectivity index (χ4v) is 3.29. The number of pyridine rings is 1. The van der Waals surface area contributed by atoms with Gasteiger partial charge in [0.2, 0.25) is 0 Å². The van der Waals surface area contributed by atoms with Crippen LogP contribution in [0.5, 0.6) is 0 Å². The Hall–Kier alpha value is -2.55. The third kappa shape index (κ3) is 2.19. The second-order valence-corrected chi connectivity index (χ2v) is 5.84. The molecule has 0 aliphatic heterocycles. The average Bonchev–Trinajstić information content (AvgIpc) is 2.56. The van der Waals surface area contributed by atoms with Gasteiger partial charge in [-0.2, -0.15) is 0 Å². The van der Waals surface area contributed by atoms with Crippen LogP contribution < -0.4 is 10.7 Å². The quantitative estimate of drug-likeness (QED) is 0.744. The molecule has 0 saturated heterocycles. The second-order valence-electron chi connectivity index (χ2n) is 5.84. The Kier molecular flexibility index (Phi) is 3.19. The van der Waals surface area contributed by atoms with E-state index in [1.165, 1.54) is 0 Å². The summed E-state index contributed by atoms with van der Waals surface area (Å²) in [5.74, 6) is 0. The zero-order valence-corrected chi connectivity index (χ0v) is 12.4. The van der Waals surface area contributed by atoms with Gasteiger partial charge in [0.1, 0.15) is 0 Å². The number of aromatic amines is 1. The SMILES string of the molecule is O=c1c2c([nH]c3cccc(Nc4ccccc4)c13)CCCC2. The third-order valence-corrected chi connectivity index (χ3v) is 4.37. The zero-order valence-electron chi connectivity index (χ0n) is 12.4. The Bertz CT molecular complexity index is 881. The Labute approximate surface area is 129 Å². The molecule has 0 atom stereocenters. The molecule has 3 nitrogen and oxygen atoms in total. The highest BCUT2D eigenvalue weighted by molar-refractivity contribution is 5.93. The first kappa shape index (κ1) is 13.1. The number of aromatic nitrogens is 1. The van der Waals surface area contributed by atoms with E-state index in [1.807, 2.05) is 48.5 Å². The fraction of sp³-hybridized carbons (Fsp3) is 0.211. The predicted molar refractivity (Wildman–Crippen MR) is 90.9 cm³/mol. The van der Waals surface area contributed by atoms with E-state index in [1.54, 1.807) is 0 Å². The van der Waals surface area contributed by atoms with Crippen LogP contribution in [0.15, 0.2) is 53.3 Å². The van der Waals surface area contributed by atoms with Crippen molar-refractivity contribution in [1.29, 1.82) is 0 Å². The molecule has 0 spiro atoms. The van der Waals surface area contributed by atoms with Crippen molar-refractivity contribution in [3.8, 4) is 0 Å². The molecule has 0 radical (unpaired) electrons. The molecule has 3 aromatic rings. The Morgan fingerprint density at radius 1 is 0.909 bits per heavy atom. The van der Waals surface area contributed by atoms with Crippen molar-refractivity contribution >= 4 is 22.3 Å². The lowest BCUT2D eigenvalue weighted by Gasteiger charge is -2.17. The molecule has 0 unspecified atom stereocenters. The first-order chi connectivity index (χ1) is 10.8. The van der Waals surface area contributed by atoms with Gasteiger partial charge in [-0.3, -0.25) is 4.79 Å². The average molecular weight is 290 g/mol. The van der Waals surface area contributed by atoms with Crippen LogP contribution >= 0.6 is 0 Å². The number of fused-ring (bicyclic) bond motifs is 2. The smallest absolute Gasteiger partial charge is 0.194 e. The van der Waals surface area contributed by atoms with Crippen molar-refractivity contribution in [3.63, 3.8) is 0 Å². The van der Waals surface area contributed by atoms with Crippen LogP contribution in [0, 0.1) is 0 Å². The highest BCUT2D eigenvalue weighted by Gasteiger charge is 2.17. The van der Waals surface area contributed by atoms with Crippen molar-refractivity contribution in [2.45, 2.75) is 25.7 Å². The van der Waals surface area contributed by atoms with Crippen molar-refractivity contribution in [2.24, 2.45) is 0 Å². The Morgan fingerprint density at radius 3 is 2.59 bits per heavy atom. The first-order valence-corrected chi connectivity index (χ1v) is 7.82. The summed E-state index contributed by atoms with van der Waals surface area (Å²) in [4.78, 5) is 16.4. The number of anilines is 2. The number of nitrogens with one attached hydrogen (secondary N) is 2. The minimum atomic E-state index is 0.183. The van der Waals surface area contributed by atoms with Crippen LogP contribution in [0.3, 0.4) is 0 Å². The lowest BCUT2D eigenvalue weighted by molar-refractivity contribution is 0.668. The van der Waals surface area contributed by atoms with Gasteiger partial charge in [-0.15, -0.1) is 0 Å². The molecule has 1 aromatic heterocycles. The van der Waals surface area contributed by atoms with Crippen molar-refractivity contribution in [3.05, 3.63) is 70.0 Å². The summed E-state index contributed by atoms with van der Waals surface area (Å²) in [6, 6.07) is 15.9. The van der Waals surface area contributed by atoms with Crippen LogP contribution in [-0.2, 0) is 12.8 Å². The highest BCUT2D eigenvalue weighted by atomic mass is 16.1. The highest BCUT2D eigenvalue weighted by Crippen LogP contribution is 2.26. The molecule has 1 aliphatic rings. The summed E-state index contributed by atoms with van der Waals surface area (Å²) in [6.45, 7) is 0. The van der Waals surface area contributed by atoms with E-state index in [2.05, 4.69) is 10.3 Å². The largest absolute Gasteiger partial charge is 0.358 e. The number of para-hydroxylation sites is 1. The molecule has 4 rings (SSSR count). The lowest BCUT2D eigenvalue weighted by Crippen LogP contribution is -2.19. The lowest BCUT2D eigenvalue weighted by atomic mass is 9.94. The standard InChI is InChI=1S/C19H18N2O/c22-19-14-9-4-5-10-15(14)21-17-12-6-11-16(18(17)19)20-13-7-2-1-3-8-13/h1-3,6-8,11-12,20H,4-5,9-10H2,(H,21,22). The van der Waals surface area contributed by atoms with Gasteiger partial charge in [-0.05, 0) is 49.9 Å². The first-order valence-electron chi connectivity index (χ1n) is 7.82. The summed E-state index contributed by atoms with van der Waals surface area (Å²) in [5, 5.41) is 4.14. The maximum atomic E-state index is 12.9. The van der Waals surface area contributed by atoms with Gasteiger partial charge in [0.15, 0.2) is 5.43 Å². The van der Waals surface area contributed by atoms with Crippen LogP contribution in [0.4, 0.5) is 11.4 Å². The molecule has 2 aromatic carbocycles. The van der Waals surface area contributed by atoms with Gasteiger partial charge < -0.3 is 10.3 Å². The predicted octanol–water partition coefficient (Wildman–Crippen LogP) is 4.15. The maximum Gasteiger partial charge on any atom is 0.194 e. The molecule has 3 heteroatoms. The number of hydrogen-bond acceptors (Lipinski definition) is 2. The van der Waals surface area contributed by atoms with Gasteiger partial charge in [0, 0.05) is 16.9 Å². The van der Waals surface area contributed by atoms with Gasteiger partial charge in [0.25, 0.3) is 0 Å². The van der Waals surface area contributed by atoms with Crippen LogP contribution in [0.1, 0.15) is 24.1 Å². The third-order valence-electron chi connectivity index (χ3n) is 4.37. The molecular formula is C19H18N2O. The number of hydrogen-bond donors (Lipinski definition) is 2. The number of benzene rings is 2. The number of aryl methyl sites for hydroxylation is 1. The van der Waals surface area contributed by atoms with E-state index in [0.29, 0.717) is 0 Å². The van der Waals surface area contributed by atoms with E-state index >= 15 is 0 Å². The van der Waals surface area contributed by atoms with Crippen molar-refractivity contribution in [1.82, 2.24) is 4.98 Å². The zero-order chi connectivity index (χ0) is 14.9. The normalized spacial score (nSPS) is 13.8. The van der Waals surface area contributed by atoms with Crippen molar-refractivity contribution < 1.29 is 0 Å². The van der Waals surface area contributed by atoms with Crippen molar-refractivity contribution in [2.75, 3.05) is 5.32 Å². The summed E-state index contributed by atoms with van der Waals surface area (Å²) >= 11 is 0. The molecule has 0 amide bonds. The Morgan fingerprint density at radius 2 is 1.73 bits per heavy atom. The molecule has 0 fully saturated rings.